The lowest BCUT2D eigenvalue weighted by Crippen LogP contribution is -2.18. The first kappa shape index (κ1) is 17.8. The fourth-order valence-electron chi connectivity index (χ4n) is 2.14. The van der Waals surface area contributed by atoms with Gasteiger partial charge in [0.05, 0.1) is 23.4 Å². The predicted octanol–water partition coefficient (Wildman–Crippen LogP) is 1.66. The highest BCUT2D eigenvalue weighted by Gasteiger charge is 2.15. The van der Waals surface area contributed by atoms with Crippen molar-refractivity contribution in [2.45, 2.75) is 4.90 Å². The number of nitrogens with zero attached hydrogens (tertiary/aromatic N) is 1. The summed E-state index contributed by atoms with van der Waals surface area (Å²) in [5, 5.41) is 7.88. The fourth-order valence-corrected chi connectivity index (χ4v) is 2.68. The molecule has 2 aromatic carbocycles. The zero-order valence-electron chi connectivity index (χ0n) is 13.6. The number of amides is 1. The third-order valence-electron chi connectivity index (χ3n) is 3.36. The molecule has 3 N–H and O–H groups in total. The summed E-state index contributed by atoms with van der Waals surface area (Å²) in [5.41, 5.74) is 1.39. The summed E-state index contributed by atoms with van der Waals surface area (Å²) in [7, 11) is 1.21. The highest BCUT2D eigenvalue weighted by atomic mass is 32.2. The summed E-state index contributed by atoms with van der Waals surface area (Å²) in [6.07, 6.45) is 0. The number of hydrogen-bond donors (Lipinski definition) is 2. The number of ether oxygens (including phenoxy) is 1. The first-order valence-corrected chi connectivity index (χ1v) is 8.56. The Hall–Kier alpha value is -2.58. The summed E-state index contributed by atoms with van der Waals surface area (Å²) in [6.45, 7) is 0. The first-order chi connectivity index (χ1) is 11.2. The molecule has 0 unspecified atom stereocenters. The molecule has 0 atom stereocenters. The van der Waals surface area contributed by atoms with Crippen LogP contribution in [0.5, 0.6) is 5.75 Å². The van der Waals surface area contributed by atoms with Gasteiger partial charge >= 0.3 is 0 Å². The van der Waals surface area contributed by atoms with E-state index in [0.29, 0.717) is 22.7 Å². The van der Waals surface area contributed by atoms with Crippen molar-refractivity contribution < 1.29 is 17.9 Å². The number of carbonyl (C=O) groups is 1. The summed E-state index contributed by atoms with van der Waals surface area (Å²) in [5.74, 6) is 0.164. The van der Waals surface area contributed by atoms with E-state index in [2.05, 4.69) is 5.32 Å². The molecule has 0 aromatic heterocycles. The second kappa shape index (κ2) is 6.90. The number of nitrogens with one attached hydrogen (secondary N) is 1. The lowest BCUT2D eigenvalue weighted by molar-refractivity contribution is 0.102. The maximum atomic E-state index is 12.5. The zero-order valence-corrected chi connectivity index (χ0v) is 14.4. The Morgan fingerprint density at radius 1 is 1.17 bits per heavy atom. The van der Waals surface area contributed by atoms with E-state index in [9.17, 15) is 13.2 Å². The van der Waals surface area contributed by atoms with Crippen LogP contribution in [-0.4, -0.2) is 35.5 Å². The van der Waals surface area contributed by atoms with Crippen LogP contribution in [0.15, 0.2) is 47.4 Å². The number of rotatable bonds is 5. The number of methoxy groups -OCH3 is 1. The van der Waals surface area contributed by atoms with Crippen LogP contribution in [0.1, 0.15) is 10.4 Å². The molecule has 0 aliphatic heterocycles. The van der Waals surface area contributed by atoms with E-state index >= 15 is 0 Å². The minimum absolute atomic E-state index is 0.0750. The topological polar surface area (TPSA) is 102 Å². The van der Waals surface area contributed by atoms with Crippen molar-refractivity contribution in [3.8, 4) is 5.75 Å². The number of primary sulfonamides is 1. The second-order valence-corrected chi connectivity index (χ2v) is 6.87. The molecule has 0 radical (unpaired) electrons. The average molecular weight is 349 g/mol. The molecule has 0 aliphatic carbocycles. The lowest BCUT2D eigenvalue weighted by Gasteiger charge is -2.19. The van der Waals surface area contributed by atoms with Crippen LogP contribution < -0.4 is 20.1 Å². The van der Waals surface area contributed by atoms with Gasteiger partial charge in [0.1, 0.15) is 5.75 Å². The van der Waals surface area contributed by atoms with Gasteiger partial charge in [-0.1, -0.05) is 6.07 Å². The highest BCUT2D eigenvalue weighted by Crippen LogP contribution is 2.28. The Bertz CT molecular complexity index is 863. The van der Waals surface area contributed by atoms with Crippen LogP contribution in [0.3, 0.4) is 0 Å². The van der Waals surface area contributed by atoms with Crippen LogP contribution in [0.25, 0.3) is 0 Å². The molecule has 0 aliphatic rings. The molecule has 0 fully saturated rings. The van der Waals surface area contributed by atoms with Gasteiger partial charge in [0, 0.05) is 19.7 Å². The highest BCUT2D eigenvalue weighted by molar-refractivity contribution is 7.89. The van der Waals surface area contributed by atoms with Crippen LogP contribution in [0.2, 0.25) is 0 Å². The van der Waals surface area contributed by atoms with E-state index < -0.39 is 10.0 Å². The van der Waals surface area contributed by atoms with Gasteiger partial charge in [0.15, 0.2) is 0 Å². The Kier molecular flexibility index (Phi) is 5.10. The summed E-state index contributed by atoms with van der Waals surface area (Å²) in [6, 6.07) is 11.0. The fraction of sp³-hybridized carbons (Fsp3) is 0.188. The van der Waals surface area contributed by atoms with Gasteiger partial charge in [0.25, 0.3) is 5.91 Å². The number of anilines is 2. The summed E-state index contributed by atoms with van der Waals surface area (Å²) in [4.78, 5) is 14.1. The van der Waals surface area contributed by atoms with E-state index in [4.69, 9.17) is 9.88 Å². The molecule has 128 valence electrons. The average Bonchev–Trinajstić information content (AvgIpc) is 2.53. The molecule has 2 aromatic rings. The Balaban J connectivity index is 2.41. The van der Waals surface area contributed by atoms with Crippen molar-refractivity contribution >= 4 is 27.3 Å². The minimum atomic E-state index is -3.87. The smallest absolute Gasteiger partial charge is 0.255 e. The van der Waals surface area contributed by atoms with Crippen molar-refractivity contribution in [1.29, 1.82) is 0 Å². The third kappa shape index (κ3) is 4.03. The number of carbonyl (C=O) groups excluding carboxylic acids is 1. The summed E-state index contributed by atoms with van der Waals surface area (Å²) < 4.78 is 28.2. The van der Waals surface area contributed by atoms with Crippen LogP contribution in [0.4, 0.5) is 11.4 Å². The normalized spacial score (nSPS) is 11.0. The minimum Gasteiger partial charge on any atom is -0.497 e. The van der Waals surface area contributed by atoms with Crippen molar-refractivity contribution in [2.75, 3.05) is 31.4 Å². The predicted molar refractivity (Wildman–Crippen MR) is 93.1 cm³/mol. The van der Waals surface area contributed by atoms with Gasteiger partial charge in [-0.15, -0.1) is 0 Å². The van der Waals surface area contributed by atoms with Gasteiger partial charge in [-0.25, -0.2) is 13.6 Å². The number of benzene rings is 2. The molecule has 24 heavy (non-hydrogen) atoms. The van der Waals surface area contributed by atoms with E-state index in [1.54, 1.807) is 49.3 Å². The zero-order chi connectivity index (χ0) is 17.9. The van der Waals surface area contributed by atoms with Crippen molar-refractivity contribution in [1.82, 2.24) is 0 Å². The molecule has 7 nitrogen and oxygen atoms in total. The third-order valence-corrected chi connectivity index (χ3v) is 4.27. The Labute approximate surface area is 141 Å². The first-order valence-electron chi connectivity index (χ1n) is 7.02. The monoisotopic (exact) mass is 349 g/mol. The molecule has 8 heteroatoms. The largest absolute Gasteiger partial charge is 0.497 e. The molecular formula is C16H19N3O4S. The Morgan fingerprint density at radius 3 is 2.46 bits per heavy atom. The molecule has 0 saturated heterocycles. The molecular weight excluding hydrogens is 330 g/mol. The maximum absolute atomic E-state index is 12.5. The molecule has 0 spiro atoms. The molecule has 0 saturated carbocycles. The summed E-state index contributed by atoms with van der Waals surface area (Å²) >= 11 is 0. The van der Waals surface area contributed by atoms with Gasteiger partial charge in [-0.3, -0.25) is 4.79 Å². The van der Waals surface area contributed by atoms with Crippen molar-refractivity contribution in [3.05, 3.63) is 48.0 Å². The molecule has 0 bridgehead atoms. The molecule has 0 heterocycles. The standard InChI is InChI=1S/C16H19N3O4S/c1-19(2)15-8-7-13(24(17,21)22)10-14(15)18-16(20)11-5-4-6-12(9-11)23-3/h4-10H,1-3H3,(H,18,20)(H2,17,21,22). The van der Waals surface area contributed by atoms with Crippen molar-refractivity contribution in [2.24, 2.45) is 5.14 Å². The lowest BCUT2D eigenvalue weighted by atomic mass is 10.2. The Morgan fingerprint density at radius 2 is 1.88 bits per heavy atom. The van der Waals surface area contributed by atoms with E-state index in [1.165, 1.54) is 19.2 Å². The van der Waals surface area contributed by atoms with E-state index in [-0.39, 0.29) is 10.8 Å². The molecule has 1 amide bonds. The van der Waals surface area contributed by atoms with E-state index in [1.807, 2.05) is 0 Å². The van der Waals surface area contributed by atoms with Crippen molar-refractivity contribution in [3.63, 3.8) is 0 Å². The van der Waals surface area contributed by atoms with Gasteiger partial charge < -0.3 is 15.0 Å². The quantitative estimate of drug-likeness (QED) is 0.855. The van der Waals surface area contributed by atoms with Gasteiger partial charge in [-0.05, 0) is 36.4 Å². The van der Waals surface area contributed by atoms with Crippen LogP contribution >= 0.6 is 0 Å². The number of sulfonamides is 1. The van der Waals surface area contributed by atoms with E-state index in [0.717, 1.165) is 0 Å². The SMILES string of the molecule is COc1cccc(C(=O)Nc2cc(S(N)(=O)=O)ccc2N(C)C)c1. The maximum Gasteiger partial charge on any atom is 0.255 e. The molecule has 2 rings (SSSR count). The van der Waals surface area contributed by atoms with Gasteiger partial charge in [-0.2, -0.15) is 0 Å². The van der Waals surface area contributed by atoms with Crippen LogP contribution in [0, 0.1) is 0 Å². The van der Waals surface area contributed by atoms with Crippen LogP contribution in [-0.2, 0) is 10.0 Å². The number of hydrogen-bond acceptors (Lipinski definition) is 5. The number of nitrogens with two attached hydrogens (primary N) is 1. The second-order valence-electron chi connectivity index (χ2n) is 5.30. The van der Waals surface area contributed by atoms with Gasteiger partial charge in [0.2, 0.25) is 10.0 Å².